The molecule has 2 aromatic rings. The predicted octanol–water partition coefficient (Wildman–Crippen LogP) is 3.41. The van der Waals surface area contributed by atoms with Crippen LogP contribution >= 0.6 is 0 Å². The van der Waals surface area contributed by atoms with Gasteiger partial charge in [0.2, 0.25) is 0 Å². The quantitative estimate of drug-likeness (QED) is 0.872. The Kier molecular flexibility index (Phi) is 4.96. The SMILES string of the molecule is CCNC(Cc1cccc(C)c1)c1cc(C)nn1CC. The molecule has 0 amide bonds. The highest BCUT2D eigenvalue weighted by molar-refractivity contribution is 5.25. The summed E-state index contributed by atoms with van der Waals surface area (Å²) < 4.78 is 2.11. The van der Waals surface area contributed by atoms with Gasteiger partial charge >= 0.3 is 0 Å². The van der Waals surface area contributed by atoms with Gasteiger partial charge in [-0.3, -0.25) is 4.68 Å². The second kappa shape index (κ2) is 6.71. The van der Waals surface area contributed by atoms with Crippen LogP contribution in [0.5, 0.6) is 0 Å². The van der Waals surface area contributed by atoms with E-state index in [1.807, 2.05) is 0 Å². The van der Waals surface area contributed by atoms with Gasteiger partial charge in [0.1, 0.15) is 0 Å². The second-order valence-corrected chi connectivity index (χ2v) is 5.33. The third-order valence-corrected chi connectivity index (χ3v) is 3.56. The van der Waals surface area contributed by atoms with E-state index in [0.29, 0.717) is 6.04 Å². The fourth-order valence-corrected chi connectivity index (χ4v) is 2.70. The zero-order valence-corrected chi connectivity index (χ0v) is 13.0. The fraction of sp³-hybridized carbons (Fsp3) is 0.471. The average Bonchev–Trinajstić information content (AvgIpc) is 2.79. The van der Waals surface area contributed by atoms with Gasteiger partial charge in [-0.15, -0.1) is 0 Å². The lowest BCUT2D eigenvalue weighted by molar-refractivity contribution is 0.490. The molecule has 108 valence electrons. The van der Waals surface area contributed by atoms with Crippen LogP contribution in [0.15, 0.2) is 30.3 Å². The minimum Gasteiger partial charge on any atom is -0.309 e. The molecule has 1 aromatic carbocycles. The van der Waals surface area contributed by atoms with Crippen molar-refractivity contribution in [2.24, 2.45) is 0 Å². The summed E-state index contributed by atoms with van der Waals surface area (Å²) in [5, 5.41) is 8.16. The molecule has 3 nitrogen and oxygen atoms in total. The lowest BCUT2D eigenvalue weighted by atomic mass is 10.0. The molecule has 1 unspecified atom stereocenters. The summed E-state index contributed by atoms with van der Waals surface area (Å²) in [7, 11) is 0. The van der Waals surface area contributed by atoms with Crippen molar-refractivity contribution < 1.29 is 0 Å². The maximum Gasteiger partial charge on any atom is 0.0597 e. The number of hydrogen-bond donors (Lipinski definition) is 1. The molecule has 1 heterocycles. The molecule has 0 saturated carbocycles. The van der Waals surface area contributed by atoms with Crippen LogP contribution in [0.4, 0.5) is 0 Å². The highest BCUT2D eigenvalue weighted by Gasteiger charge is 2.16. The molecule has 0 fully saturated rings. The van der Waals surface area contributed by atoms with Gasteiger partial charge in [-0.25, -0.2) is 0 Å². The Morgan fingerprint density at radius 1 is 1.20 bits per heavy atom. The molecule has 0 aliphatic heterocycles. The van der Waals surface area contributed by atoms with Gasteiger partial charge in [0.05, 0.1) is 17.4 Å². The first-order chi connectivity index (χ1) is 9.63. The van der Waals surface area contributed by atoms with Crippen LogP contribution in [-0.4, -0.2) is 16.3 Å². The topological polar surface area (TPSA) is 29.9 Å². The molecule has 1 atom stereocenters. The van der Waals surface area contributed by atoms with Crippen LogP contribution in [0, 0.1) is 13.8 Å². The highest BCUT2D eigenvalue weighted by Crippen LogP contribution is 2.20. The lowest BCUT2D eigenvalue weighted by Gasteiger charge is -2.19. The van der Waals surface area contributed by atoms with Gasteiger partial charge in [-0.1, -0.05) is 36.8 Å². The first-order valence-corrected chi connectivity index (χ1v) is 7.47. The van der Waals surface area contributed by atoms with Crippen LogP contribution in [0.3, 0.4) is 0 Å². The summed E-state index contributed by atoms with van der Waals surface area (Å²) in [5.74, 6) is 0. The van der Waals surface area contributed by atoms with E-state index in [4.69, 9.17) is 0 Å². The van der Waals surface area contributed by atoms with Crippen LogP contribution in [0.1, 0.15) is 42.4 Å². The number of nitrogens with one attached hydrogen (secondary N) is 1. The van der Waals surface area contributed by atoms with Crippen molar-refractivity contribution in [1.29, 1.82) is 0 Å². The maximum absolute atomic E-state index is 4.57. The standard InChI is InChI=1S/C17H25N3/c1-5-18-16(12-15-9-7-8-13(3)10-15)17-11-14(4)19-20(17)6-2/h7-11,16,18H,5-6,12H2,1-4H3. The Morgan fingerprint density at radius 3 is 2.65 bits per heavy atom. The zero-order valence-electron chi connectivity index (χ0n) is 13.0. The molecule has 0 saturated heterocycles. The normalized spacial score (nSPS) is 12.6. The van der Waals surface area contributed by atoms with Crippen molar-refractivity contribution in [3.63, 3.8) is 0 Å². The highest BCUT2D eigenvalue weighted by atomic mass is 15.3. The molecule has 20 heavy (non-hydrogen) atoms. The molecular weight excluding hydrogens is 246 g/mol. The van der Waals surface area contributed by atoms with E-state index in [1.165, 1.54) is 16.8 Å². The van der Waals surface area contributed by atoms with Gasteiger partial charge in [0.25, 0.3) is 0 Å². The molecule has 3 heteroatoms. The minimum absolute atomic E-state index is 0.322. The summed E-state index contributed by atoms with van der Waals surface area (Å²) in [6, 6.07) is 11.3. The second-order valence-electron chi connectivity index (χ2n) is 5.33. The number of rotatable bonds is 6. The number of likely N-dealkylation sites (N-methyl/N-ethyl adjacent to an activating group) is 1. The summed E-state index contributed by atoms with van der Waals surface area (Å²) >= 11 is 0. The Labute approximate surface area is 122 Å². The number of hydrogen-bond acceptors (Lipinski definition) is 2. The molecule has 0 aliphatic rings. The van der Waals surface area contributed by atoms with Gasteiger partial charge in [0.15, 0.2) is 0 Å². The molecular formula is C17H25N3. The third kappa shape index (κ3) is 3.48. The molecule has 0 radical (unpaired) electrons. The summed E-state index contributed by atoms with van der Waals surface area (Å²) in [6.07, 6.45) is 1.00. The summed E-state index contributed by atoms with van der Waals surface area (Å²) in [6.45, 7) is 10.4. The molecule has 1 N–H and O–H groups in total. The fourth-order valence-electron chi connectivity index (χ4n) is 2.70. The lowest BCUT2D eigenvalue weighted by Crippen LogP contribution is -2.25. The molecule has 0 spiro atoms. The third-order valence-electron chi connectivity index (χ3n) is 3.56. The van der Waals surface area contributed by atoms with Crippen LogP contribution < -0.4 is 5.32 Å². The van der Waals surface area contributed by atoms with E-state index >= 15 is 0 Å². The summed E-state index contributed by atoms with van der Waals surface area (Å²) in [5.41, 5.74) is 5.07. The van der Waals surface area contributed by atoms with Crippen molar-refractivity contribution in [3.05, 3.63) is 52.8 Å². The minimum atomic E-state index is 0.322. The molecule has 0 aliphatic carbocycles. The van der Waals surface area contributed by atoms with Crippen molar-refractivity contribution >= 4 is 0 Å². The van der Waals surface area contributed by atoms with Gasteiger partial charge in [-0.05, 0) is 45.4 Å². The summed E-state index contributed by atoms with van der Waals surface area (Å²) in [4.78, 5) is 0. The predicted molar refractivity (Wildman–Crippen MR) is 83.9 cm³/mol. The average molecular weight is 271 g/mol. The van der Waals surface area contributed by atoms with E-state index in [1.54, 1.807) is 0 Å². The van der Waals surface area contributed by atoms with E-state index in [0.717, 1.165) is 25.2 Å². The van der Waals surface area contributed by atoms with E-state index in [9.17, 15) is 0 Å². The molecule has 1 aromatic heterocycles. The van der Waals surface area contributed by atoms with Crippen molar-refractivity contribution in [2.45, 2.75) is 46.7 Å². The Hall–Kier alpha value is -1.61. The van der Waals surface area contributed by atoms with Crippen LogP contribution in [0.2, 0.25) is 0 Å². The van der Waals surface area contributed by atoms with E-state index < -0.39 is 0 Å². The van der Waals surface area contributed by atoms with Gasteiger partial charge in [0, 0.05) is 6.54 Å². The molecule has 2 rings (SSSR count). The molecule has 0 bridgehead atoms. The van der Waals surface area contributed by atoms with Crippen LogP contribution in [0.25, 0.3) is 0 Å². The largest absolute Gasteiger partial charge is 0.309 e. The first-order valence-electron chi connectivity index (χ1n) is 7.47. The number of benzene rings is 1. The Morgan fingerprint density at radius 2 is 2.00 bits per heavy atom. The van der Waals surface area contributed by atoms with E-state index in [2.05, 4.69) is 73.1 Å². The van der Waals surface area contributed by atoms with Crippen molar-refractivity contribution in [1.82, 2.24) is 15.1 Å². The van der Waals surface area contributed by atoms with Gasteiger partial charge in [-0.2, -0.15) is 5.10 Å². The number of nitrogens with zero attached hydrogens (tertiary/aromatic N) is 2. The van der Waals surface area contributed by atoms with E-state index in [-0.39, 0.29) is 0 Å². The number of aromatic nitrogens is 2. The van der Waals surface area contributed by atoms with Crippen LogP contribution in [-0.2, 0) is 13.0 Å². The maximum atomic E-state index is 4.57. The number of aryl methyl sites for hydroxylation is 3. The van der Waals surface area contributed by atoms with Crippen molar-refractivity contribution in [3.8, 4) is 0 Å². The Bertz CT molecular complexity index is 557. The Balaban J connectivity index is 2.26. The first kappa shape index (κ1) is 14.8. The van der Waals surface area contributed by atoms with Gasteiger partial charge < -0.3 is 5.32 Å². The zero-order chi connectivity index (χ0) is 14.5. The van der Waals surface area contributed by atoms with Crippen molar-refractivity contribution in [2.75, 3.05) is 6.54 Å². The monoisotopic (exact) mass is 271 g/mol. The smallest absolute Gasteiger partial charge is 0.0597 e.